The Hall–Kier alpha value is -2.17. The molecule has 1 aromatic carbocycles. The Kier molecular flexibility index (Phi) is 4.03. The van der Waals surface area contributed by atoms with E-state index in [0.29, 0.717) is 0 Å². The predicted octanol–water partition coefficient (Wildman–Crippen LogP) is 1.48. The first-order chi connectivity index (χ1) is 7.18. The van der Waals surface area contributed by atoms with E-state index in [1.54, 1.807) is 12.1 Å². The fraction of sp³-hybridized carbons (Fsp3) is 0.100. The van der Waals surface area contributed by atoms with Crippen LogP contribution in [0.3, 0.4) is 0 Å². The third kappa shape index (κ3) is 4.56. The van der Waals surface area contributed by atoms with Gasteiger partial charge in [-0.05, 0) is 11.6 Å². The van der Waals surface area contributed by atoms with E-state index in [2.05, 4.69) is 4.74 Å². The molecule has 1 rings (SSSR count). The Morgan fingerprint density at radius 1 is 1.40 bits per heavy atom. The lowest BCUT2D eigenvalue weighted by Gasteiger charge is -1.94. The molecule has 0 atom stereocenters. The number of hydrogen-bond donors (Lipinski definition) is 0. The molecule has 0 amide bonds. The van der Waals surface area contributed by atoms with Crippen molar-refractivity contribution < 1.29 is 14.5 Å². The van der Waals surface area contributed by atoms with Crippen molar-refractivity contribution in [3.8, 4) is 0 Å². The molecule has 0 radical (unpaired) electrons. The molecule has 0 aromatic heterocycles. The molecule has 78 valence electrons. The molecule has 0 spiro atoms. The third-order valence-electron chi connectivity index (χ3n) is 1.52. The van der Waals surface area contributed by atoms with Crippen LogP contribution < -0.4 is 0 Å². The van der Waals surface area contributed by atoms with Crippen LogP contribution in [0.1, 0.15) is 5.56 Å². The number of nitro groups is 1. The van der Waals surface area contributed by atoms with Crippen molar-refractivity contribution in [3.63, 3.8) is 0 Å². The fourth-order valence-corrected chi connectivity index (χ4v) is 0.893. The summed E-state index contributed by atoms with van der Waals surface area (Å²) in [6.07, 6.45) is 2.68. The van der Waals surface area contributed by atoms with Gasteiger partial charge in [0, 0.05) is 6.08 Å². The Bertz CT molecular complexity index is 372. The molecular weight excluding hydrogens is 198 g/mol. The second kappa shape index (κ2) is 5.54. The molecule has 0 N–H and O–H groups in total. The quantitative estimate of drug-likeness (QED) is 0.246. The van der Waals surface area contributed by atoms with Gasteiger partial charge in [-0.3, -0.25) is 10.1 Å². The van der Waals surface area contributed by atoms with Gasteiger partial charge in [0.2, 0.25) is 0 Å². The lowest BCUT2D eigenvalue weighted by molar-refractivity contribution is -0.518. The topological polar surface area (TPSA) is 69.4 Å². The highest BCUT2D eigenvalue weighted by Gasteiger charge is 2.01. The average Bonchev–Trinajstić information content (AvgIpc) is 2.25. The van der Waals surface area contributed by atoms with Crippen LogP contribution in [0.15, 0.2) is 36.4 Å². The summed E-state index contributed by atoms with van der Waals surface area (Å²) in [6.45, 7) is -0.808. The molecule has 5 nitrogen and oxygen atoms in total. The van der Waals surface area contributed by atoms with Crippen molar-refractivity contribution in [1.82, 2.24) is 0 Å². The smallest absolute Gasteiger partial charge is 0.346 e. The van der Waals surface area contributed by atoms with E-state index < -0.39 is 17.6 Å². The van der Waals surface area contributed by atoms with Crippen LogP contribution in [0.5, 0.6) is 0 Å². The van der Waals surface area contributed by atoms with E-state index in [9.17, 15) is 14.9 Å². The van der Waals surface area contributed by atoms with Crippen LogP contribution in [0, 0.1) is 10.1 Å². The minimum atomic E-state index is -0.808. The molecule has 0 aliphatic rings. The number of nitrogens with zero attached hydrogens (tertiary/aromatic N) is 1. The maximum atomic E-state index is 10.9. The molecular formula is C10H9NO4. The number of carbonyl (C=O) groups excluding carboxylic acids is 1. The zero-order chi connectivity index (χ0) is 11.1. The summed E-state index contributed by atoms with van der Waals surface area (Å²) in [5, 5.41) is 9.88. The van der Waals surface area contributed by atoms with Crippen LogP contribution in [-0.2, 0) is 9.53 Å². The van der Waals surface area contributed by atoms with Crippen molar-refractivity contribution in [1.29, 1.82) is 0 Å². The van der Waals surface area contributed by atoms with E-state index in [-0.39, 0.29) is 0 Å². The van der Waals surface area contributed by atoms with Crippen molar-refractivity contribution in [2.45, 2.75) is 0 Å². The minimum Gasteiger partial charge on any atom is -0.397 e. The zero-order valence-electron chi connectivity index (χ0n) is 7.83. The number of esters is 1. The summed E-state index contributed by atoms with van der Waals surface area (Å²) in [7, 11) is 0. The summed E-state index contributed by atoms with van der Waals surface area (Å²) in [5.74, 6) is -0.726. The number of carbonyl (C=O) groups is 1. The molecule has 0 saturated heterocycles. The first-order valence-electron chi connectivity index (χ1n) is 4.20. The number of benzene rings is 1. The van der Waals surface area contributed by atoms with Crippen LogP contribution in [0.2, 0.25) is 0 Å². The minimum absolute atomic E-state index is 0.714. The number of ether oxygens (including phenoxy) is 1. The second-order valence-corrected chi connectivity index (χ2v) is 2.67. The third-order valence-corrected chi connectivity index (χ3v) is 1.52. The van der Waals surface area contributed by atoms with E-state index in [0.717, 1.165) is 11.6 Å². The van der Waals surface area contributed by atoms with Gasteiger partial charge >= 0.3 is 12.7 Å². The van der Waals surface area contributed by atoms with Gasteiger partial charge in [0.15, 0.2) is 0 Å². The van der Waals surface area contributed by atoms with Crippen molar-refractivity contribution in [2.24, 2.45) is 0 Å². The zero-order valence-corrected chi connectivity index (χ0v) is 7.83. The van der Waals surface area contributed by atoms with Crippen molar-refractivity contribution in [2.75, 3.05) is 6.73 Å². The highest BCUT2D eigenvalue weighted by Crippen LogP contribution is 2.00. The largest absolute Gasteiger partial charge is 0.397 e. The van der Waals surface area contributed by atoms with E-state index in [1.807, 2.05) is 18.2 Å². The Morgan fingerprint density at radius 2 is 2.07 bits per heavy atom. The highest BCUT2D eigenvalue weighted by atomic mass is 16.7. The van der Waals surface area contributed by atoms with Gasteiger partial charge in [0.1, 0.15) is 0 Å². The van der Waals surface area contributed by atoms with E-state index >= 15 is 0 Å². The summed E-state index contributed by atoms with van der Waals surface area (Å²) >= 11 is 0. The van der Waals surface area contributed by atoms with Gasteiger partial charge in [-0.25, -0.2) is 4.79 Å². The summed E-state index contributed by atoms with van der Waals surface area (Å²) in [5.41, 5.74) is 0.829. The molecule has 0 aliphatic heterocycles. The summed E-state index contributed by atoms with van der Waals surface area (Å²) in [4.78, 5) is 20.1. The van der Waals surface area contributed by atoms with Gasteiger partial charge in [0.25, 0.3) is 0 Å². The maximum absolute atomic E-state index is 10.9. The maximum Gasteiger partial charge on any atom is 0.346 e. The average molecular weight is 207 g/mol. The second-order valence-electron chi connectivity index (χ2n) is 2.67. The molecule has 15 heavy (non-hydrogen) atoms. The number of hydrogen-bond acceptors (Lipinski definition) is 4. The van der Waals surface area contributed by atoms with Crippen LogP contribution >= 0.6 is 0 Å². The Balaban J connectivity index is 2.44. The number of rotatable bonds is 4. The first-order valence-corrected chi connectivity index (χ1v) is 4.20. The molecule has 0 aliphatic carbocycles. The lowest BCUT2D eigenvalue weighted by Crippen LogP contribution is -2.09. The van der Waals surface area contributed by atoms with Crippen LogP contribution in [0.4, 0.5) is 0 Å². The fourth-order valence-electron chi connectivity index (χ4n) is 0.893. The monoisotopic (exact) mass is 207 g/mol. The van der Waals surface area contributed by atoms with Crippen LogP contribution in [-0.4, -0.2) is 17.6 Å². The molecule has 0 saturated carbocycles. The highest BCUT2D eigenvalue weighted by molar-refractivity contribution is 5.86. The predicted molar refractivity (Wildman–Crippen MR) is 53.4 cm³/mol. The van der Waals surface area contributed by atoms with Gasteiger partial charge in [-0.15, -0.1) is 0 Å². The molecule has 1 aromatic rings. The standard InChI is InChI=1S/C10H9NO4/c12-10(15-8-11(13)14)7-6-9-4-2-1-3-5-9/h1-7H,8H2. The van der Waals surface area contributed by atoms with Gasteiger partial charge in [-0.2, -0.15) is 0 Å². The lowest BCUT2D eigenvalue weighted by atomic mass is 10.2. The summed E-state index contributed by atoms with van der Waals surface area (Å²) in [6, 6.07) is 9.10. The molecule has 0 fully saturated rings. The molecule has 0 heterocycles. The molecule has 0 bridgehead atoms. The van der Waals surface area contributed by atoms with Gasteiger partial charge in [0.05, 0.1) is 4.92 Å². The van der Waals surface area contributed by atoms with Crippen LogP contribution in [0.25, 0.3) is 6.08 Å². The van der Waals surface area contributed by atoms with Gasteiger partial charge < -0.3 is 4.74 Å². The van der Waals surface area contributed by atoms with Gasteiger partial charge in [-0.1, -0.05) is 30.3 Å². The Morgan fingerprint density at radius 3 is 2.67 bits per heavy atom. The normalized spacial score (nSPS) is 10.1. The Labute approximate surface area is 86.1 Å². The molecule has 0 unspecified atom stereocenters. The van der Waals surface area contributed by atoms with E-state index in [1.165, 1.54) is 6.08 Å². The summed E-state index contributed by atoms with van der Waals surface area (Å²) < 4.78 is 4.30. The van der Waals surface area contributed by atoms with E-state index in [4.69, 9.17) is 0 Å². The SMILES string of the molecule is O=C(C=Cc1ccccc1)OC[N+](=O)[O-]. The first kappa shape index (κ1) is 10.9. The molecule has 5 heteroatoms. The van der Waals surface area contributed by atoms with Crippen molar-refractivity contribution in [3.05, 3.63) is 52.1 Å². The van der Waals surface area contributed by atoms with Crippen molar-refractivity contribution >= 4 is 12.0 Å².